The van der Waals surface area contributed by atoms with Crippen LogP contribution in [0.5, 0.6) is 0 Å². The van der Waals surface area contributed by atoms with Crippen LogP contribution >= 0.6 is 0 Å². The van der Waals surface area contributed by atoms with Gasteiger partial charge in [0, 0.05) is 39.9 Å². The summed E-state index contributed by atoms with van der Waals surface area (Å²) in [4.78, 5) is 7.07. The van der Waals surface area contributed by atoms with Crippen LogP contribution in [0.25, 0.3) is 0 Å². The lowest BCUT2D eigenvalue weighted by Crippen LogP contribution is -2.50. The molecule has 0 amide bonds. The Hall–Kier alpha value is -0.770. The van der Waals surface area contributed by atoms with E-state index >= 15 is 0 Å². The summed E-state index contributed by atoms with van der Waals surface area (Å²) in [5, 5.41) is 3.57. The van der Waals surface area contributed by atoms with Crippen LogP contribution in [0.15, 0.2) is 4.99 Å². The standard InChI is InChI=1S/C19H37N3O/c1-3-23-16-9-8-14-21-18(20-2)22-15-10-13-19(17-22)11-6-4-5-7-12-19/h3-17H2,1-2H3,(H,20,21). The Kier molecular flexibility index (Phi) is 8.21. The molecule has 2 rings (SSSR count). The summed E-state index contributed by atoms with van der Waals surface area (Å²) >= 11 is 0. The molecule has 0 atom stereocenters. The van der Waals surface area contributed by atoms with Crippen molar-refractivity contribution < 1.29 is 4.74 Å². The van der Waals surface area contributed by atoms with Gasteiger partial charge in [0.15, 0.2) is 5.96 Å². The maximum absolute atomic E-state index is 5.40. The van der Waals surface area contributed by atoms with E-state index in [4.69, 9.17) is 4.74 Å². The fourth-order valence-corrected chi connectivity index (χ4v) is 4.28. The average molecular weight is 324 g/mol. The molecular formula is C19H37N3O. The predicted octanol–water partition coefficient (Wildman–Crippen LogP) is 3.81. The van der Waals surface area contributed by atoms with Crippen LogP contribution < -0.4 is 5.32 Å². The fraction of sp³-hybridized carbons (Fsp3) is 0.947. The first-order chi connectivity index (χ1) is 11.3. The molecule has 0 aromatic heterocycles. The number of hydrogen-bond acceptors (Lipinski definition) is 2. The van der Waals surface area contributed by atoms with Gasteiger partial charge in [-0.3, -0.25) is 4.99 Å². The second-order valence-corrected chi connectivity index (χ2v) is 7.32. The van der Waals surface area contributed by atoms with Crippen LogP contribution in [0.2, 0.25) is 0 Å². The molecular weight excluding hydrogens is 286 g/mol. The van der Waals surface area contributed by atoms with Crippen LogP contribution in [0, 0.1) is 5.41 Å². The zero-order valence-corrected chi connectivity index (χ0v) is 15.4. The number of likely N-dealkylation sites (tertiary alicyclic amines) is 1. The Labute approximate surface area is 143 Å². The van der Waals surface area contributed by atoms with Gasteiger partial charge in [0.25, 0.3) is 0 Å². The van der Waals surface area contributed by atoms with Gasteiger partial charge >= 0.3 is 0 Å². The van der Waals surface area contributed by atoms with Gasteiger partial charge in [-0.05, 0) is 50.9 Å². The van der Waals surface area contributed by atoms with E-state index in [0.29, 0.717) is 5.41 Å². The lowest BCUT2D eigenvalue weighted by atomic mass is 9.74. The molecule has 134 valence electrons. The largest absolute Gasteiger partial charge is 0.382 e. The maximum atomic E-state index is 5.40. The third-order valence-corrected chi connectivity index (χ3v) is 5.54. The highest BCUT2D eigenvalue weighted by molar-refractivity contribution is 5.80. The quantitative estimate of drug-likeness (QED) is 0.459. The first kappa shape index (κ1) is 18.6. The van der Waals surface area contributed by atoms with Crippen molar-refractivity contribution in [2.24, 2.45) is 10.4 Å². The number of rotatable bonds is 6. The Morgan fingerprint density at radius 2 is 1.83 bits per heavy atom. The lowest BCUT2D eigenvalue weighted by Gasteiger charge is -2.44. The zero-order chi connectivity index (χ0) is 16.4. The SMILES string of the molecule is CCOCCCCNC(=NC)N1CCCC2(CCCCCC2)C1. The molecule has 0 bridgehead atoms. The number of hydrogen-bond donors (Lipinski definition) is 1. The third kappa shape index (κ3) is 5.98. The van der Waals surface area contributed by atoms with E-state index in [0.717, 1.165) is 38.6 Å². The molecule has 1 aliphatic heterocycles. The van der Waals surface area contributed by atoms with Gasteiger partial charge in [-0.25, -0.2) is 0 Å². The van der Waals surface area contributed by atoms with Crippen molar-refractivity contribution in [3.8, 4) is 0 Å². The van der Waals surface area contributed by atoms with E-state index in [9.17, 15) is 0 Å². The molecule has 2 aliphatic rings. The van der Waals surface area contributed by atoms with E-state index in [-0.39, 0.29) is 0 Å². The van der Waals surface area contributed by atoms with Gasteiger partial charge in [-0.15, -0.1) is 0 Å². The summed E-state index contributed by atoms with van der Waals surface area (Å²) in [6, 6.07) is 0. The van der Waals surface area contributed by atoms with Crippen molar-refractivity contribution in [3.63, 3.8) is 0 Å². The minimum absolute atomic E-state index is 0.571. The van der Waals surface area contributed by atoms with Crippen molar-refractivity contribution >= 4 is 5.96 Å². The molecule has 4 heteroatoms. The van der Waals surface area contributed by atoms with Gasteiger partial charge in [0.2, 0.25) is 0 Å². The van der Waals surface area contributed by atoms with Gasteiger partial charge in [-0.2, -0.15) is 0 Å². The van der Waals surface area contributed by atoms with Gasteiger partial charge in [-0.1, -0.05) is 25.7 Å². The summed E-state index contributed by atoms with van der Waals surface area (Å²) < 4.78 is 5.40. The molecule has 1 spiro atoms. The highest BCUT2D eigenvalue weighted by atomic mass is 16.5. The second-order valence-electron chi connectivity index (χ2n) is 7.32. The smallest absolute Gasteiger partial charge is 0.193 e. The number of nitrogens with one attached hydrogen (secondary N) is 1. The molecule has 1 saturated carbocycles. The number of nitrogens with zero attached hydrogens (tertiary/aromatic N) is 2. The van der Waals surface area contributed by atoms with E-state index in [2.05, 4.69) is 22.1 Å². The van der Waals surface area contributed by atoms with E-state index in [1.54, 1.807) is 0 Å². The minimum atomic E-state index is 0.571. The number of unbranched alkanes of at least 4 members (excludes halogenated alkanes) is 1. The predicted molar refractivity (Wildman–Crippen MR) is 98.0 cm³/mol. The van der Waals surface area contributed by atoms with Crippen LogP contribution in [-0.2, 0) is 4.74 Å². The molecule has 1 saturated heterocycles. The summed E-state index contributed by atoms with van der Waals surface area (Å²) in [6.45, 7) is 7.14. The van der Waals surface area contributed by atoms with E-state index in [1.165, 1.54) is 64.5 Å². The topological polar surface area (TPSA) is 36.9 Å². The summed E-state index contributed by atoms with van der Waals surface area (Å²) in [5.74, 6) is 1.12. The van der Waals surface area contributed by atoms with Crippen molar-refractivity contribution in [1.82, 2.24) is 10.2 Å². The molecule has 1 heterocycles. The molecule has 0 aromatic rings. The Bertz CT molecular complexity index is 349. The third-order valence-electron chi connectivity index (χ3n) is 5.54. The van der Waals surface area contributed by atoms with Gasteiger partial charge in [0.05, 0.1) is 0 Å². The summed E-state index contributed by atoms with van der Waals surface area (Å²) in [7, 11) is 1.93. The monoisotopic (exact) mass is 323 g/mol. The molecule has 0 aromatic carbocycles. The Morgan fingerprint density at radius 3 is 2.52 bits per heavy atom. The van der Waals surface area contributed by atoms with E-state index < -0.39 is 0 Å². The van der Waals surface area contributed by atoms with E-state index in [1.807, 2.05) is 7.05 Å². The lowest BCUT2D eigenvalue weighted by molar-refractivity contribution is 0.115. The highest BCUT2D eigenvalue weighted by Crippen LogP contribution is 2.42. The second kappa shape index (κ2) is 10.2. The summed E-state index contributed by atoms with van der Waals surface area (Å²) in [6.07, 6.45) is 13.6. The normalized spacial score (nSPS) is 22.2. The van der Waals surface area contributed by atoms with Crippen LogP contribution in [0.4, 0.5) is 0 Å². The number of piperidine rings is 1. The number of ether oxygens (including phenoxy) is 1. The fourth-order valence-electron chi connectivity index (χ4n) is 4.28. The molecule has 2 fully saturated rings. The summed E-state index contributed by atoms with van der Waals surface area (Å²) in [5.41, 5.74) is 0.571. The average Bonchev–Trinajstić information content (AvgIpc) is 2.80. The zero-order valence-electron chi connectivity index (χ0n) is 15.4. The first-order valence-corrected chi connectivity index (χ1v) is 9.83. The molecule has 23 heavy (non-hydrogen) atoms. The van der Waals surface area contributed by atoms with Crippen molar-refractivity contribution in [3.05, 3.63) is 0 Å². The molecule has 0 unspecified atom stereocenters. The molecule has 4 nitrogen and oxygen atoms in total. The number of aliphatic imine (C=N–C) groups is 1. The molecule has 0 radical (unpaired) electrons. The van der Waals surface area contributed by atoms with Gasteiger partial charge < -0.3 is 15.0 Å². The Balaban J connectivity index is 1.78. The van der Waals surface area contributed by atoms with Crippen molar-refractivity contribution in [2.75, 3.05) is 39.9 Å². The molecule has 1 aliphatic carbocycles. The minimum Gasteiger partial charge on any atom is -0.382 e. The maximum Gasteiger partial charge on any atom is 0.193 e. The van der Waals surface area contributed by atoms with Crippen molar-refractivity contribution in [1.29, 1.82) is 0 Å². The van der Waals surface area contributed by atoms with Gasteiger partial charge in [0.1, 0.15) is 0 Å². The van der Waals surface area contributed by atoms with Crippen LogP contribution in [0.1, 0.15) is 71.1 Å². The van der Waals surface area contributed by atoms with Crippen LogP contribution in [0.3, 0.4) is 0 Å². The highest BCUT2D eigenvalue weighted by Gasteiger charge is 2.36. The van der Waals surface area contributed by atoms with Crippen LogP contribution in [-0.4, -0.2) is 50.8 Å². The Morgan fingerprint density at radius 1 is 1.09 bits per heavy atom. The van der Waals surface area contributed by atoms with Crippen molar-refractivity contribution in [2.45, 2.75) is 71.1 Å². The first-order valence-electron chi connectivity index (χ1n) is 9.83. The number of guanidine groups is 1. The molecule has 1 N–H and O–H groups in total.